The fourth-order valence-corrected chi connectivity index (χ4v) is 3.37. The first-order chi connectivity index (χ1) is 13.3. The van der Waals surface area contributed by atoms with Crippen molar-refractivity contribution in [1.82, 2.24) is 15.5 Å². The summed E-state index contributed by atoms with van der Waals surface area (Å²) >= 11 is 0. The van der Waals surface area contributed by atoms with Crippen molar-refractivity contribution in [2.45, 2.75) is 39.0 Å². The molecule has 1 heterocycles. The van der Waals surface area contributed by atoms with Crippen molar-refractivity contribution < 1.29 is 9.47 Å². The number of aryl methyl sites for hydroxylation is 1. The van der Waals surface area contributed by atoms with Crippen LogP contribution < -0.4 is 20.1 Å². The number of guanidine groups is 1. The van der Waals surface area contributed by atoms with E-state index in [0.29, 0.717) is 0 Å². The predicted octanol–water partition coefficient (Wildman–Crippen LogP) is 2.68. The molecule has 0 spiro atoms. The highest BCUT2D eigenvalue weighted by Crippen LogP contribution is 2.27. The van der Waals surface area contributed by atoms with Gasteiger partial charge in [-0.1, -0.05) is 12.5 Å². The number of rotatable bonds is 10. The zero-order valence-electron chi connectivity index (χ0n) is 17.2. The fourth-order valence-electron chi connectivity index (χ4n) is 3.37. The molecule has 0 saturated carbocycles. The molecule has 0 atom stereocenters. The maximum absolute atomic E-state index is 5.37. The van der Waals surface area contributed by atoms with Crippen LogP contribution in [-0.2, 0) is 6.42 Å². The van der Waals surface area contributed by atoms with Crippen molar-refractivity contribution in [3.05, 3.63) is 23.8 Å². The van der Waals surface area contributed by atoms with Crippen molar-refractivity contribution in [2.75, 3.05) is 53.5 Å². The van der Waals surface area contributed by atoms with Gasteiger partial charge in [-0.2, -0.15) is 0 Å². The zero-order chi connectivity index (χ0) is 19.3. The van der Waals surface area contributed by atoms with Gasteiger partial charge in [0.2, 0.25) is 0 Å². The molecule has 0 unspecified atom stereocenters. The third-order valence-electron chi connectivity index (χ3n) is 4.85. The van der Waals surface area contributed by atoms with Gasteiger partial charge in [-0.05, 0) is 63.4 Å². The molecule has 1 aliphatic rings. The molecule has 152 valence electrons. The Morgan fingerprint density at radius 2 is 1.85 bits per heavy atom. The minimum absolute atomic E-state index is 0.770. The summed E-state index contributed by atoms with van der Waals surface area (Å²) in [4.78, 5) is 7.25. The van der Waals surface area contributed by atoms with Crippen LogP contribution in [0.25, 0.3) is 0 Å². The minimum Gasteiger partial charge on any atom is -0.493 e. The topological polar surface area (TPSA) is 58.1 Å². The number of hydrogen-bond acceptors (Lipinski definition) is 4. The van der Waals surface area contributed by atoms with Crippen molar-refractivity contribution in [3.8, 4) is 11.5 Å². The Labute approximate surface area is 164 Å². The average Bonchev–Trinajstić information content (AvgIpc) is 2.71. The Morgan fingerprint density at radius 3 is 2.56 bits per heavy atom. The van der Waals surface area contributed by atoms with Crippen LogP contribution in [0.5, 0.6) is 11.5 Å². The van der Waals surface area contributed by atoms with E-state index in [0.717, 1.165) is 56.5 Å². The van der Waals surface area contributed by atoms with Crippen LogP contribution >= 0.6 is 0 Å². The van der Waals surface area contributed by atoms with E-state index in [1.165, 1.54) is 37.9 Å². The van der Waals surface area contributed by atoms with E-state index in [9.17, 15) is 0 Å². The summed E-state index contributed by atoms with van der Waals surface area (Å²) in [6, 6.07) is 6.10. The maximum atomic E-state index is 5.37. The Bertz CT molecular complexity index is 571. The lowest BCUT2D eigenvalue weighted by atomic mass is 10.1. The van der Waals surface area contributed by atoms with Gasteiger partial charge >= 0.3 is 0 Å². The van der Waals surface area contributed by atoms with E-state index in [1.807, 2.05) is 12.1 Å². The van der Waals surface area contributed by atoms with Gasteiger partial charge in [0, 0.05) is 26.2 Å². The molecule has 0 bridgehead atoms. The molecule has 2 rings (SSSR count). The molecule has 1 aliphatic heterocycles. The summed E-state index contributed by atoms with van der Waals surface area (Å²) in [5.41, 5.74) is 1.24. The van der Waals surface area contributed by atoms with Crippen LogP contribution in [0.4, 0.5) is 0 Å². The molecule has 6 heteroatoms. The standard InChI is InChI=1S/C21H36N4O2/c1-4-22-21(24-13-16-25-14-6-5-7-15-25)23-12-8-9-18-10-11-19(26-2)20(17-18)27-3/h10-11,17H,4-9,12-16H2,1-3H3,(H2,22,23,24). The summed E-state index contributed by atoms with van der Waals surface area (Å²) in [7, 11) is 3.33. The molecule has 0 amide bonds. The van der Waals surface area contributed by atoms with Crippen molar-refractivity contribution >= 4 is 5.96 Å². The lowest BCUT2D eigenvalue weighted by Crippen LogP contribution is -2.42. The van der Waals surface area contributed by atoms with Gasteiger partial charge in [0.05, 0.1) is 14.2 Å². The first-order valence-corrected chi connectivity index (χ1v) is 10.2. The molecule has 27 heavy (non-hydrogen) atoms. The first kappa shape index (κ1) is 21.4. The van der Waals surface area contributed by atoms with E-state index in [-0.39, 0.29) is 0 Å². The third kappa shape index (κ3) is 7.67. The Balaban J connectivity index is 1.73. The third-order valence-corrected chi connectivity index (χ3v) is 4.85. The zero-order valence-corrected chi connectivity index (χ0v) is 17.2. The monoisotopic (exact) mass is 376 g/mol. The Hall–Kier alpha value is -1.95. The molecule has 1 aromatic rings. The SMILES string of the molecule is CCNC(=NCCCc1ccc(OC)c(OC)c1)NCCN1CCCCC1. The molecular weight excluding hydrogens is 340 g/mol. The normalized spacial score (nSPS) is 15.4. The van der Waals surface area contributed by atoms with Crippen molar-refractivity contribution in [3.63, 3.8) is 0 Å². The Kier molecular flexibility index (Phi) is 9.84. The quantitative estimate of drug-likeness (QED) is 0.374. The second-order valence-corrected chi connectivity index (χ2v) is 6.88. The molecule has 0 radical (unpaired) electrons. The van der Waals surface area contributed by atoms with E-state index >= 15 is 0 Å². The van der Waals surface area contributed by atoms with E-state index in [4.69, 9.17) is 14.5 Å². The minimum atomic E-state index is 0.770. The molecule has 1 aromatic carbocycles. The predicted molar refractivity (Wildman–Crippen MR) is 112 cm³/mol. The number of benzene rings is 1. The van der Waals surface area contributed by atoms with Crippen LogP contribution in [0.15, 0.2) is 23.2 Å². The highest BCUT2D eigenvalue weighted by molar-refractivity contribution is 5.79. The maximum Gasteiger partial charge on any atom is 0.191 e. The van der Waals surface area contributed by atoms with Crippen molar-refractivity contribution in [2.24, 2.45) is 4.99 Å². The highest BCUT2D eigenvalue weighted by Gasteiger charge is 2.09. The summed E-state index contributed by atoms with van der Waals surface area (Å²) < 4.78 is 10.7. The number of hydrogen-bond donors (Lipinski definition) is 2. The number of ether oxygens (including phenoxy) is 2. The number of methoxy groups -OCH3 is 2. The Morgan fingerprint density at radius 1 is 1.07 bits per heavy atom. The summed E-state index contributed by atoms with van der Waals surface area (Å²) in [6.07, 6.45) is 6.03. The fraction of sp³-hybridized carbons (Fsp3) is 0.667. The largest absolute Gasteiger partial charge is 0.493 e. The molecule has 6 nitrogen and oxygen atoms in total. The van der Waals surface area contributed by atoms with Crippen LogP contribution in [0.1, 0.15) is 38.2 Å². The molecule has 1 saturated heterocycles. The number of piperidine rings is 1. The average molecular weight is 377 g/mol. The van der Waals surface area contributed by atoms with Gasteiger partial charge in [0.1, 0.15) is 0 Å². The number of aliphatic imine (C=N–C) groups is 1. The van der Waals surface area contributed by atoms with Gasteiger partial charge < -0.3 is 25.0 Å². The van der Waals surface area contributed by atoms with Crippen LogP contribution in [-0.4, -0.2) is 64.3 Å². The number of nitrogens with zero attached hydrogens (tertiary/aromatic N) is 2. The molecule has 0 aliphatic carbocycles. The van der Waals surface area contributed by atoms with Crippen LogP contribution in [0.3, 0.4) is 0 Å². The molecule has 1 fully saturated rings. The van der Waals surface area contributed by atoms with Crippen LogP contribution in [0.2, 0.25) is 0 Å². The summed E-state index contributed by atoms with van der Waals surface area (Å²) in [5.74, 6) is 2.47. The smallest absolute Gasteiger partial charge is 0.191 e. The number of nitrogens with one attached hydrogen (secondary N) is 2. The molecular formula is C21H36N4O2. The lowest BCUT2D eigenvalue weighted by molar-refractivity contribution is 0.232. The highest BCUT2D eigenvalue weighted by atomic mass is 16.5. The van der Waals surface area contributed by atoms with E-state index < -0.39 is 0 Å². The van der Waals surface area contributed by atoms with Gasteiger partial charge in [-0.15, -0.1) is 0 Å². The second-order valence-electron chi connectivity index (χ2n) is 6.88. The summed E-state index contributed by atoms with van der Waals surface area (Å²) in [6.45, 7) is 8.29. The van der Waals surface area contributed by atoms with Gasteiger partial charge in [0.15, 0.2) is 17.5 Å². The second kappa shape index (κ2) is 12.4. The summed E-state index contributed by atoms with van der Waals surface area (Å²) in [5, 5.41) is 6.80. The van der Waals surface area contributed by atoms with Crippen LogP contribution in [0, 0.1) is 0 Å². The van der Waals surface area contributed by atoms with Crippen molar-refractivity contribution in [1.29, 1.82) is 0 Å². The van der Waals surface area contributed by atoms with E-state index in [2.05, 4.69) is 28.5 Å². The van der Waals surface area contributed by atoms with Gasteiger partial charge in [-0.3, -0.25) is 4.99 Å². The lowest BCUT2D eigenvalue weighted by Gasteiger charge is -2.26. The first-order valence-electron chi connectivity index (χ1n) is 10.2. The number of likely N-dealkylation sites (tertiary alicyclic amines) is 1. The molecule has 2 N–H and O–H groups in total. The van der Waals surface area contributed by atoms with E-state index in [1.54, 1.807) is 14.2 Å². The molecule has 0 aromatic heterocycles. The van der Waals surface area contributed by atoms with Gasteiger partial charge in [-0.25, -0.2) is 0 Å². The van der Waals surface area contributed by atoms with Gasteiger partial charge in [0.25, 0.3) is 0 Å².